The van der Waals surface area contributed by atoms with Gasteiger partial charge in [-0.15, -0.1) is 0 Å². The molecule has 43 heavy (non-hydrogen) atoms. The fraction of sp³-hybridized carbons (Fsp3) is 0.676. The maximum Gasteiger partial charge on any atom is 0.257 e. The summed E-state index contributed by atoms with van der Waals surface area (Å²) in [4.78, 5) is 16.9. The molecule has 3 N–H and O–H groups in total. The zero-order valence-electron chi connectivity index (χ0n) is 26.5. The van der Waals surface area contributed by atoms with Gasteiger partial charge in [0.1, 0.15) is 0 Å². The summed E-state index contributed by atoms with van der Waals surface area (Å²) in [6.07, 6.45) is 10.9. The van der Waals surface area contributed by atoms with Gasteiger partial charge in [0, 0.05) is 18.0 Å². The van der Waals surface area contributed by atoms with Crippen LogP contribution in [0.1, 0.15) is 95.8 Å². The minimum Gasteiger partial charge on any atom is -0.478 e. The Morgan fingerprint density at radius 3 is 2.47 bits per heavy atom. The van der Waals surface area contributed by atoms with E-state index < -0.39 is 0 Å². The van der Waals surface area contributed by atoms with Crippen LogP contribution in [-0.4, -0.2) is 39.9 Å². The second kappa shape index (κ2) is 12.2. The predicted octanol–water partition coefficient (Wildman–Crippen LogP) is 7.37. The third-order valence-electron chi connectivity index (χ3n) is 13.0. The van der Waals surface area contributed by atoms with Gasteiger partial charge in [0.15, 0.2) is 0 Å². The van der Waals surface area contributed by atoms with Gasteiger partial charge in [-0.25, -0.2) is 4.98 Å². The molecule has 1 aromatic heterocycles. The van der Waals surface area contributed by atoms with E-state index in [-0.39, 0.29) is 28.9 Å². The molecule has 4 aliphatic carbocycles. The number of fused-ring (bicyclic) bond motifs is 5. The van der Waals surface area contributed by atoms with E-state index in [0.29, 0.717) is 59.5 Å². The Morgan fingerprint density at radius 2 is 1.74 bits per heavy atom. The van der Waals surface area contributed by atoms with Crippen molar-refractivity contribution in [1.29, 1.82) is 0 Å². The molecule has 0 unspecified atom stereocenters. The quantitative estimate of drug-likeness (QED) is 0.300. The second-order valence-corrected chi connectivity index (χ2v) is 14.9. The molecular weight excluding hydrogens is 536 g/mol. The Kier molecular flexibility index (Phi) is 8.65. The highest BCUT2D eigenvalue weighted by molar-refractivity contribution is 6.04. The number of benzene rings is 1. The Hall–Kier alpha value is -2.44. The van der Waals surface area contributed by atoms with Gasteiger partial charge in [-0.05, 0) is 122 Å². The van der Waals surface area contributed by atoms with Crippen molar-refractivity contribution in [3.63, 3.8) is 0 Å². The van der Waals surface area contributed by atoms with E-state index in [1.54, 1.807) is 18.3 Å². The lowest BCUT2D eigenvalue weighted by molar-refractivity contribution is -0.203. The number of anilines is 1. The molecule has 4 saturated carbocycles. The van der Waals surface area contributed by atoms with Gasteiger partial charge in [-0.3, -0.25) is 4.79 Å². The number of rotatable bonds is 8. The molecule has 234 valence electrons. The number of carbonyl (C=O) groups excluding carboxylic acids is 1. The highest BCUT2D eigenvalue weighted by Gasteiger charge is 2.64. The van der Waals surface area contributed by atoms with Crippen LogP contribution in [0.5, 0.6) is 5.88 Å². The van der Waals surface area contributed by atoms with E-state index in [2.05, 4.69) is 38.0 Å². The Labute approximate surface area is 258 Å². The summed E-state index contributed by atoms with van der Waals surface area (Å²) in [7, 11) is 0. The maximum atomic E-state index is 12.5. The van der Waals surface area contributed by atoms with Crippen LogP contribution in [0.3, 0.4) is 0 Å². The van der Waals surface area contributed by atoms with Crippen molar-refractivity contribution >= 4 is 11.6 Å². The summed E-state index contributed by atoms with van der Waals surface area (Å²) in [6, 6.07) is 13.0. The molecule has 0 radical (unpaired) electrons. The third kappa shape index (κ3) is 5.52. The van der Waals surface area contributed by atoms with E-state index in [4.69, 9.17) is 4.74 Å². The summed E-state index contributed by atoms with van der Waals surface area (Å²) in [6.45, 7) is 10.3. The van der Waals surface area contributed by atoms with E-state index in [0.717, 1.165) is 37.8 Å². The topological polar surface area (TPSA) is 91.7 Å². The summed E-state index contributed by atoms with van der Waals surface area (Å²) >= 11 is 0. The maximum absolute atomic E-state index is 12.5. The first-order valence-corrected chi connectivity index (χ1v) is 17.0. The lowest BCUT2D eigenvalue weighted by atomic mass is 9.41. The minimum atomic E-state index is -0.246. The highest BCUT2D eigenvalue weighted by Crippen LogP contribution is 2.69. The molecular formula is C37H52N2O4. The smallest absolute Gasteiger partial charge is 0.257 e. The lowest BCUT2D eigenvalue weighted by Gasteiger charge is -2.64. The number of nitrogens with zero attached hydrogens (tertiary/aromatic N) is 1. The number of amides is 1. The van der Waals surface area contributed by atoms with Crippen molar-refractivity contribution in [3.8, 4) is 5.88 Å². The normalized spacial score (nSPS) is 39.2. The summed E-state index contributed by atoms with van der Waals surface area (Å²) in [5.41, 5.74) is 1.76. The number of ether oxygens (including phenoxy) is 1. The van der Waals surface area contributed by atoms with Crippen molar-refractivity contribution in [3.05, 3.63) is 54.2 Å². The van der Waals surface area contributed by atoms with Crippen molar-refractivity contribution in [2.24, 2.45) is 52.3 Å². The van der Waals surface area contributed by atoms with Crippen LogP contribution in [0.4, 0.5) is 5.69 Å². The Morgan fingerprint density at radius 1 is 1.00 bits per heavy atom. The number of hydrogen-bond acceptors (Lipinski definition) is 5. The number of hydrogen-bond donors (Lipinski definition) is 3. The Bertz CT molecular complexity index is 1250. The van der Waals surface area contributed by atoms with Crippen LogP contribution < -0.4 is 10.1 Å². The first kappa shape index (κ1) is 30.6. The molecule has 0 spiro atoms. The van der Waals surface area contributed by atoms with Gasteiger partial charge in [0.2, 0.25) is 5.88 Å². The van der Waals surface area contributed by atoms with Crippen LogP contribution in [0.15, 0.2) is 48.7 Å². The van der Waals surface area contributed by atoms with Crippen molar-refractivity contribution in [1.82, 2.24) is 4.98 Å². The van der Waals surface area contributed by atoms with E-state index >= 15 is 0 Å². The number of aromatic nitrogens is 1. The molecule has 6 heteroatoms. The average Bonchev–Trinajstić information content (AvgIpc) is 3.36. The molecule has 0 bridgehead atoms. The fourth-order valence-corrected chi connectivity index (χ4v) is 10.8. The molecule has 1 heterocycles. The van der Waals surface area contributed by atoms with Gasteiger partial charge < -0.3 is 20.3 Å². The molecule has 0 aliphatic heterocycles. The van der Waals surface area contributed by atoms with E-state index in [1.165, 1.54) is 25.7 Å². The number of aliphatic hydroxyl groups excluding tert-OH is 2. The van der Waals surface area contributed by atoms with Crippen LogP contribution in [-0.2, 0) is 0 Å². The zero-order valence-corrected chi connectivity index (χ0v) is 26.5. The first-order valence-electron chi connectivity index (χ1n) is 17.0. The van der Waals surface area contributed by atoms with Gasteiger partial charge in [-0.1, -0.05) is 52.3 Å². The van der Waals surface area contributed by atoms with Crippen molar-refractivity contribution in [2.45, 2.75) is 97.7 Å². The number of aliphatic hydroxyl groups is 2. The second-order valence-electron chi connectivity index (χ2n) is 14.9. The predicted molar refractivity (Wildman–Crippen MR) is 170 cm³/mol. The largest absolute Gasteiger partial charge is 0.478 e. The highest BCUT2D eigenvalue weighted by atomic mass is 16.5. The van der Waals surface area contributed by atoms with Gasteiger partial charge >= 0.3 is 0 Å². The number of pyridine rings is 1. The first-order chi connectivity index (χ1) is 20.7. The number of nitrogens with one attached hydrogen (secondary N) is 1. The summed E-state index contributed by atoms with van der Waals surface area (Å²) in [5, 5.41) is 25.4. The molecule has 4 aliphatic rings. The van der Waals surface area contributed by atoms with Crippen LogP contribution in [0, 0.1) is 52.3 Å². The third-order valence-corrected chi connectivity index (χ3v) is 13.0. The summed E-state index contributed by atoms with van der Waals surface area (Å²) < 4.78 is 6.07. The molecule has 4 fully saturated rings. The molecule has 1 aromatic carbocycles. The van der Waals surface area contributed by atoms with Crippen LogP contribution in [0.25, 0.3) is 0 Å². The number of carbonyl (C=O) groups is 1. The van der Waals surface area contributed by atoms with Gasteiger partial charge in [0.25, 0.3) is 5.91 Å². The Balaban J connectivity index is 1.07. The van der Waals surface area contributed by atoms with Crippen LogP contribution >= 0.6 is 0 Å². The number of para-hydroxylation sites is 1. The zero-order chi connectivity index (χ0) is 30.4. The van der Waals surface area contributed by atoms with E-state index in [9.17, 15) is 15.0 Å². The van der Waals surface area contributed by atoms with Crippen molar-refractivity contribution < 1.29 is 19.7 Å². The summed E-state index contributed by atoms with van der Waals surface area (Å²) in [5.74, 6) is 3.80. The standard InChI is InChI=1S/C37H52N2O4/c1-5-27-31-21-26(40)15-18-37(31,4)30-16-19-36(3)28(12-13-29(36)33(30)34(27)41)23(2)17-20-43-32-14-11-24(22-38-32)35(42)39-25-9-7-6-8-10-25/h6-11,14,22-23,26-31,33-34,40-41H,5,12-13,15-21H2,1-4H3,(H,39,42)/t23-,26-,27-,28-,29+,30+,31+,33+,34-,36-,37-/m1/s1. The van der Waals surface area contributed by atoms with E-state index in [1.807, 2.05) is 30.3 Å². The molecule has 11 atom stereocenters. The average molecular weight is 589 g/mol. The molecule has 6 rings (SSSR count). The molecule has 2 aromatic rings. The SMILES string of the molecule is CC[C@H]1[C@@H](O)[C@@H]2[C@H](CC[C@]3(C)[C@@H]([C@H](C)CCOc4ccc(C(=O)Nc5ccccc5)cn4)CC[C@@H]23)[C@@]2(C)CC[C@@H](O)C[C@@H]12. The molecule has 6 nitrogen and oxygen atoms in total. The monoisotopic (exact) mass is 588 g/mol. The minimum absolute atomic E-state index is 0.184. The van der Waals surface area contributed by atoms with Crippen LogP contribution in [0.2, 0.25) is 0 Å². The molecule has 1 amide bonds. The van der Waals surface area contributed by atoms with Gasteiger partial charge in [-0.2, -0.15) is 0 Å². The van der Waals surface area contributed by atoms with Crippen molar-refractivity contribution in [2.75, 3.05) is 11.9 Å². The van der Waals surface area contributed by atoms with Gasteiger partial charge in [0.05, 0.1) is 24.4 Å². The fourth-order valence-electron chi connectivity index (χ4n) is 10.8. The molecule has 0 saturated heterocycles. The lowest BCUT2D eigenvalue weighted by Crippen LogP contribution is -2.62.